The minimum atomic E-state index is -3.78. The Morgan fingerprint density at radius 3 is 2.38 bits per heavy atom. The van der Waals surface area contributed by atoms with Gasteiger partial charge in [-0.15, -0.1) is 5.10 Å². The lowest BCUT2D eigenvalue weighted by Crippen LogP contribution is -2.12. The number of benzene rings is 3. The first-order valence-corrected chi connectivity index (χ1v) is 10.2. The Hall–Kier alpha value is -3.36. The molecular formula is C21H16FN3O3S. The zero-order valence-corrected chi connectivity index (χ0v) is 16.2. The number of rotatable bonds is 4. The highest BCUT2D eigenvalue weighted by molar-refractivity contribution is 7.89. The number of fused-ring (bicyclic) bond motifs is 1. The van der Waals surface area contributed by atoms with Crippen molar-refractivity contribution in [2.45, 2.75) is 11.8 Å². The molecule has 29 heavy (non-hydrogen) atoms. The van der Waals surface area contributed by atoms with Gasteiger partial charge in [0.05, 0.1) is 11.1 Å². The molecule has 146 valence electrons. The Bertz CT molecular complexity index is 1320. The van der Waals surface area contributed by atoms with Gasteiger partial charge in [-0.3, -0.25) is 0 Å². The van der Waals surface area contributed by atoms with Crippen molar-refractivity contribution < 1.29 is 17.5 Å². The van der Waals surface area contributed by atoms with Gasteiger partial charge in [-0.2, -0.15) is 5.10 Å². The van der Waals surface area contributed by atoms with Crippen LogP contribution in [0.5, 0.6) is 11.5 Å². The number of aromatic nitrogens is 2. The molecule has 4 aromatic rings. The van der Waals surface area contributed by atoms with E-state index in [0.717, 1.165) is 16.3 Å². The minimum absolute atomic E-state index is 0.0435. The van der Waals surface area contributed by atoms with E-state index < -0.39 is 10.0 Å². The molecule has 6 nitrogen and oxygen atoms in total. The smallest absolute Gasteiger partial charge is 0.238 e. The molecular weight excluding hydrogens is 393 g/mol. The summed E-state index contributed by atoms with van der Waals surface area (Å²) in [6, 6.07) is 15.8. The highest BCUT2D eigenvalue weighted by atomic mass is 32.2. The van der Waals surface area contributed by atoms with Crippen LogP contribution in [0.4, 0.5) is 4.39 Å². The van der Waals surface area contributed by atoms with Crippen LogP contribution in [0.2, 0.25) is 0 Å². The van der Waals surface area contributed by atoms with Crippen LogP contribution in [-0.4, -0.2) is 18.6 Å². The molecule has 0 radical (unpaired) electrons. The number of hydrogen-bond acceptors (Lipinski definition) is 5. The van der Waals surface area contributed by atoms with Gasteiger partial charge in [-0.1, -0.05) is 6.07 Å². The highest BCUT2D eigenvalue weighted by Crippen LogP contribution is 2.32. The quantitative estimate of drug-likeness (QED) is 0.545. The first-order valence-electron chi connectivity index (χ1n) is 8.64. The maximum atomic E-state index is 13.1. The van der Waals surface area contributed by atoms with Gasteiger partial charge >= 0.3 is 0 Å². The summed E-state index contributed by atoms with van der Waals surface area (Å²) in [4.78, 5) is 0.0435. The summed E-state index contributed by atoms with van der Waals surface area (Å²) in [5.74, 6) is 0.756. The first kappa shape index (κ1) is 19.0. The van der Waals surface area contributed by atoms with Crippen LogP contribution >= 0.6 is 0 Å². The van der Waals surface area contributed by atoms with E-state index in [0.29, 0.717) is 22.8 Å². The molecule has 3 aromatic carbocycles. The van der Waals surface area contributed by atoms with E-state index in [2.05, 4.69) is 10.2 Å². The van der Waals surface area contributed by atoms with Crippen molar-refractivity contribution in [2.75, 3.05) is 0 Å². The number of primary sulfonamides is 1. The molecule has 8 heteroatoms. The van der Waals surface area contributed by atoms with Gasteiger partial charge < -0.3 is 4.74 Å². The molecule has 0 aliphatic rings. The molecule has 0 fully saturated rings. The number of halogens is 1. The number of hydrogen-bond donors (Lipinski definition) is 1. The molecule has 0 saturated heterocycles. The topological polar surface area (TPSA) is 95.2 Å². The Morgan fingerprint density at radius 1 is 0.966 bits per heavy atom. The highest BCUT2D eigenvalue weighted by Gasteiger charge is 2.14. The summed E-state index contributed by atoms with van der Waals surface area (Å²) in [6.07, 6.45) is 1.62. The van der Waals surface area contributed by atoms with Crippen molar-refractivity contribution >= 4 is 20.8 Å². The molecule has 0 amide bonds. The molecule has 0 atom stereocenters. The minimum Gasteiger partial charge on any atom is -0.457 e. The summed E-state index contributed by atoms with van der Waals surface area (Å²) < 4.78 is 42.0. The van der Waals surface area contributed by atoms with Crippen molar-refractivity contribution in [3.63, 3.8) is 0 Å². The van der Waals surface area contributed by atoms with Gasteiger partial charge in [0.2, 0.25) is 10.0 Å². The molecule has 0 saturated carbocycles. The molecule has 1 aromatic heterocycles. The van der Waals surface area contributed by atoms with Gasteiger partial charge in [0.1, 0.15) is 23.0 Å². The zero-order chi connectivity index (χ0) is 20.6. The lowest BCUT2D eigenvalue weighted by atomic mass is 10.0. The van der Waals surface area contributed by atoms with E-state index in [1.54, 1.807) is 37.4 Å². The monoisotopic (exact) mass is 409 g/mol. The number of sulfonamides is 1. The molecule has 2 N–H and O–H groups in total. The average Bonchev–Trinajstić information content (AvgIpc) is 2.68. The van der Waals surface area contributed by atoms with E-state index in [4.69, 9.17) is 9.88 Å². The summed E-state index contributed by atoms with van der Waals surface area (Å²) in [5.41, 5.74) is 2.09. The first-order chi connectivity index (χ1) is 13.8. The van der Waals surface area contributed by atoms with Crippen LogP contribution < -0.4 is 9.88 Å². The summed E-state index contributed by atoms with van der Waals surface area (Å²) >= 11 is 0. The van der Waals surface area contributed by atoms with Gasteiger partial charge in [-0.25, -0.2) is 17.9 Å². The van der Waals surface area contributed by atoms with Gasteiger partial charge in [-0.05, 0) is 67.1 Å². The molecule has 0 aliphatic heterocycles. The average molecular weight is 409 g/mol. The Labute approximate surface area is 166 Å². The van der Waals surface area contributed by atoms with E-state index in [1.807, 2.05) is 12.1 Å². The predicted molar refractivity (Wildman–Crippen MR) is 108 cm³/mol. The third-order valence-corrected chi connectivity index (χ3v) is 5.37. The van der Waals surface area contributed by atoms with Crippen LogP contribution in [0.15, 0.2) is 71.8 Å². The Kier molecular flexibility index (Phi) is 4.73. The van der Waals surface area contributed by atoms with Gasteiger partial charge in [0, 0.05) is 16.3 Å². The van der Waals surface area contributed by atoms with Crippen molar-refractivity contribution in [2.24, 2.45) is 5.14 Å². The molecule has 4 rings (SSSR count). The maximum Gasteiger partial charge on any atom is 0.238 e. The zero-order valence-electron chi connectivity index (χ0n) is 15.3. The fourth-order valence-corrected chi connectivity index (χ4v) is 3.64. The van der Waals surface area contributed by atoms with Crippen LogP contribution in [-0.2, 0) is 10.0 Å². The third kappa shape index (κ3) is 3.94. The largest absolute Gasteiger partial charge is 0.457 e. The number of ether oxygens (including phenoxy) is 1. The lowest BCUT2D eigenvalue weighted by Gasteiger charge is -2.11. The summed E-state index contributed by atoms with van der Waals surface area (Å²) in [5, 5.41) is 15.1. The predicted octanol–water partition coefficient (Wildman–Crippen LogP) is 4.18. The lowest BCUT2D eigenvalue weighted by molar-refractivity contribution is 0.481. The molecule has 0 aliphatic carbocycles. The van der Waals surface area contributed by atoms with E-state index in [9.17, 15) is 12.8 Å². The second-order valence-electron chi connectivity index (χ2n) is 6.52. The number of aryl methyl sites for hydroxylation is 1. The Morgan fingerprint density at radius 2 is 1.69 bits per heavy atom. The van der Waals surface area contributed by atoms with Crippen molar-refractivity contribution in [3.05, 3.63) is 78.2 Å². The van der Waals surface area contributed by atoms with Crippen LogP contribution in [0, 0.1) is 12.7 Å². The molecule has 1 heterocycles. The van der Waals surface area contributed by atoms with E-state index >= 15 is 0 Å². The van der Waals surface area contributed by atoms with Gasteiger partial charge in [0.25, 0.3) is 0 Å². The third-order valence-electron chi connectivity index (χ3n) is 4.46. The number of nitrogens with two attached hydrogens (primary N) is 1. The van der Waals surface area contributed by atoms with E-state index in [1.165, 1.54) is 24.3 Å². The van der Waals surface area contributed by atoms with E-state index in [-0.39, 0.29) is 10.7 Å². The Balaban J connectivity index is 1.74. The van der Waals surface area contributed by atoms with Gasteiger partial charge in [0.15, 0.2) is 0 Å². The summed E-state index contributed by atoms with van der Waals surface area (Å²) in [7, 11) is -3.78. The van der Waals surface area contributed by atoms with Crippen molar-refractivity contribution in [1.29, 1.82) is 0 Å². The summed E-state index contributed by atoms with van der Waals surface area (Å²) in [6.45, 7) is 1.79. The SMILES string of the molecule is Cc1cc(S(N)(=O)=O)ccc1-c1nncc2cc(Oc3ccc(F)cc3)ccc12. The maximum absolute atomic E-state index is 13.1. The second kappa shape index (κ2) is 7.23. The van der Waals surface area contributed by atoms with Crippen LogP contribution in [0.25, 0.3) is 22.0 Å². The standard InChI is InChI=1S/C21H16FN3O3S/c1-13-10-18(29(23,26)27)7-9-19(13)21-20-8-6-17(11-14(20)12-24-25-21)28-16-4-2-15(22)3-5-16/h2-12H,1H3,(H2,23,26,27). The second-order valence-corrected chi connectivity index (χ2v) is 8.08. The molecule has 0 spiro atoms. The van der Waals surface area contributed by atoms with Crippen molar-refractivity contribution in [1.82, 2.24) is 10.2 Å². The fourth-order valence-electron chi connectivity index (χ4n) is 3.05. The fraction of sp³-hybridized carbons (Fsp3) is 0.0476. The van der Waals surface area contributed by atoms with Crippen LogP contribution in [0.1, 0.15) is 5.56 Å². The van der Waals surface area contributed by atoms with Crippen LogP contribution in [0.3, 0.4) is 0 Å². The molecule has 0 unspecified atom stereocenters. The normalized spacial score (nSPS) is 11.6. The molecule has 0 bridgehead atoms. The number of nitrogens with zero attached hydrogens (tertiary/aromatic N) is 2. The van der Waals surface area contributed by atoms with Crippen molar-refractivity contribution in [3.8, 4) is 22.8 Å².